The molecule has 0 saturated heterocycles. The van der Waals surface area contributed by atoms with Crippen molar-refractivity contribution in [3.05, 3.63) is 52.4 Å². The highest BCUT2D eigenvalue weighted by Crippen LogP contribution is 2.43. The lowest BCUT2D eigenvalue weighted by Gasteiger charge is -2.19. The first-order valence-electron chi connectivity index (χ1n) is 6.95. The topological polar surface area (TPSA) is 15.6 Å². The molecule has 2 aliphatic rings. The molecule has 0 amide bonds. The number of rotatable bonds is 1. The Kier molecular flexibility index (Phi) is 3.84. The molecule has 0 fully saturated rings. The Bertz CT molecular complexity index is 779. The average Bonchev–Trinajstić information content (AvgIpc) is 2.99. The van der Waals surface area contributed by atoms with Crippen LogP contribution in [0.15, 0.2) is 46.3 Å². The van der Waals surface area contributed by atoms with Gasteiger partial charge in [0.2, 0.25) is 0 Å². The smallest absolute Gasteiger partial charge is 0.168 e. The van der Waals surface area contributed by atoms with E-state index < -0.39 is 0 Å². The van der Waals surface area contributed by atoms with Gasteiger partial charge in [0.05, 0.1) is 12.2 Å². The first-order valence-corrected chi connectivity index (χ1v) is 7.77. The summed E-state index contributed by atoms with van der Waals surface area (Å²) in [5, 5.41) is 3.86. The molecule has 21 heavy (non-hydrogen) atoms. The Morgan fingerprint density at radius 1 is 1.05 bits per heavy atom. The van der Waals surface area contributed by atoms with E-state index in [1.165, 1.54) is 37.7 Å². The van der Waals surface area contributed by atoms with Crippen molar-refractivity contribution in [1.82, 2.24) is 4.90 Å². The van der Waals surface area contributed by atoms with Gasteiger partial charge in [-0.2, -0.15) is 0 Å². The van der Waals surface area contributed by atoms with Gasteiger partial charge in [0, 0.05) is 17.0 Å². The minimum atomic E-state index is 0. The Hall–Kier alpha value is -1.26. The summed E-state index contributed by atoms with van der Waals surface area (Å²) in [6.45, 7) is 6.31. The molecule has 2 aliphatic heterocycles. The summed E-state index contributed by atoms with van der Waals surface area (Å²) in [6.07, 6.45) is 0. The normalized spacial score (nSPS) is 17.0. The van der Waals surface area contributed by atoms with Gasteiger partial charge >= 0.3 is 0 Å². The number of amidine groups is 1. The van der Waals surface area contributed by atoms with E-state index in [0.717, 1.165) is 13.1 Å². The minimum absolute atomic E-state index is 0. The number of benzene rings is 2. The van der Waals surface area contributed by atoms with Gasteiger partial charge < -0.3 is 4.90 Å². The van der Waals surface area contributed by atoms with Gasteiger partial charge in [-0.15, -0.1) is 17.0 Å². The van der Waals surface area contributed by atoms with E-state index in [1.54, 1.807) is 0 Å². The second-order valence-corrected chi connectivity index (χ2v) is 6.48. The number of aryl methyl sites for hydroxylation is 1. The monoisotopic (exact) mass is 360 g/mol. The maximum atomic E-state index is 4.59. The highest BCUT2D eigenvalue weighted by atomic mass is 79.9. The molecular formula is C17H17BrN2S. The van der Waals surface area contributed by atoms with E-state index in [9.17, 15) is 0 Å². The summed E-state index contributed by atoms with van der Waals surface area (Å²) in [7, 11) is 0. The van der Waals surface area contributed by atoms with Crippen molar-refractivity contribution in [1.29, 1.82) is 0 Å². The SMILES string of the molecule is Br.CC1=C(c2cccc3c(C)cccc23)N2CCN=C2S1. The average molecular weight is 361 g/mol. The number of hydrogen-bond acceptors (Lipinski definition) is 3. The van der Waals surface area contributed by atoms with Gasteiger partial charge in [-0.1, -0.05) is 48.2 Å². The fraction of sp³-hybridized carbons (Fsp3) is 0.235. The first kappa shape index (κ1) is 14.7. The van der Waals surface area contributed by atoms with Crippen molar-refractivity contribution in [3.63, 3.8) is 0 Å². The van der Waals surface area contributed by atoms with Gasteiger partial charge in [-0.3, -0.25) is 4.99 Å². The Balaban J connectivity index is 0.00000132. The van der Waals surface area contributed by atoms with Crippen LogP contribution in [-0.2, 0) is 0 Å². The molecule has 0 aromatic heterocycles. The molecule has 0 saturated carbocycles. The molecule has 0 atom stereocenters. The van der Waals surface area contributed by atoms with Crippen molar-refractivity contribution in [2.45, 2.75) is 13.8 Å². The van der Waals surface area contributed by atoms with E-state index in [4.69, 9.17) is 0 Å². The highest BCUT2D eigenvalue weighted by Gasteiger charge is 2.31. The molecule has 108 valence electrons. The van der Waals surface area contributed by atoms with E-state index >= 15 is 0 Å². The maximum absolute atomic E-state index is 4.59. The molecule has 0 spiro atoms. The van der Waals surface area contributed by atoms with Crippen molar-refractivity contribution in [2.24, 2.45) is 4.99 Å². The van der Waals surface area contributed by atoms with Crippen molar-refractivity contribution < 1.29 is 0 Å². The van der Waals surface area contributed by atoms with Crippen LogP contribution < -0.4 is 0 Å². The van der Waals surface area contributed by atoms with Crippen LogP contribution in [-0.4, -0.2) is 23.2 Å². The van der Waals surface area contributed by atoms with Gasteiger partial charge in [0.15, 0.2) is 5.17 Å². The summed E-state index contributed by atoms with van der Waals surface area (Å²) in [4.78, 5) is 8.32. The summed E-state index contributed by atoms with van der Waals surface area (Å²) in [5.41, 5.74) is 4.02. The van der Waals surface area contributed by atoms with Gasteiger partial charge in [0.25, 0.3) is 0 Å². The number of fused-ring (bicyclic) bond motifs is 2. The van der Waals surface area contributed by atoms with Crippen LogP contribution in [0, 0.1) is 6.92 Å². The zero-order valence-corrected chi connectivity index (χ0v) is 14.6. The lowest BCUT2D eigenvalue weighted by atomic mass is 9.98. The van der Waals surface area contributed by atoms with Crippen molar-refractivity contribution >= 4 is 50.4 Å². The van der Waals surface area contributed by atoms with E-state index in [0.29, 0.717) is 0 Å². The first-order chi connectivity index (χ1) is 9.75. The lowest BCUT2D eigenvalue weighted by molar-refractivity contribution is 0.648. The fourth-order valence-corrected chi connectivity index (χ4v) is 4.14. The molecule has 0 bridgehead atoms. The summed E-state index contributed by atoms with van der Waals surface area (Å²) < 4.78 is 0. The van der Waals surface area contributed by atoms with E-state index in [2.05, 4.69) is 60.1 Å². The Labute approximate surface area is 139 Å². The molecule has 4 heteroatoms. The number of nitrogens with zero attached hydrogens (tertiary/aromatic N) is 2. The van der Waals surface area contributed by atoms with E-state index in [1.807, 2.05) is 11.8 Å². The largest absolute Gasteiger partial charge is 0.318 e. The highest BCUT2D eigenvalue weighted by molar-refractivity contribution is 8.93. The number of allylic oxidation sites excluding steroid dienone is 1. The van der Waals surface area contributed by atoms with Crippen LogP contribution in [0.5, 0.6) is 0 Å². The maximum Gasteiger partial charge on any atom is 0.168 e. The predicted molar refractivity (Wildman–Crippen MR) is 98.2 cm³/mol. The van der Waals surface area contributed by atoms with Gasteiger partial charge in [0.1, 0.15) is 0 Å². The van der Waals surface area contributed by atoms with E-state index in [-0.39, 0.29) is 17.0 Å². The third kappa shape index (κ3) is 2.21. The van der Waals surface area contributed by atoms with Crippen LogP contribution in [0.1, 0.15) is 18.1 Å². The van der Waals surface area contributed by atoms with Crippen LogP contribution in [0.2, 0.25) is 0 Å². The number of aliphatic imine (C=N–C) groups is 1. The quantitative estimate of drug-likeness (QED) is 0.723. The molecule has 2 nitrogen and oxygen atoms in total. The molecule has 2 heterocycles. The van der Waals surface area contributed by atoms with Crippen LogP contribution in [0.4, 0.5) is 0 Å². The third-order valence-electron chi connectivity index (χ3n) is 4.04. The lowest BCUT2D eigenvalue weighted by Crippen LogP contribution is -2.20. The van der Waals surface area contributed by atoms with Crippen LogP contribution in [0.25, 0.3) is 16.5 Å². The number of thioether (sulfide) groups is 1. The molecule has 4 rings (SSSR count). The van der Waals surface area contributed by atoms with Gasteiger partial charge in [-0.05, 0) is 30.2 Å². The predicted octanol–water partition coefficient (Wildman–Crippen LogP) is 4.83. The second-order valence-electron chi connectivity index (χ2n) is 5.30. The molecule has 0 aliphatic carbocycles. The fourth-order valence-electron chi connectivity index (χ4n) is 3.11. The summed E-state index contributed by atoms with van der Waals surface area (Å²) in [5.74, 6) is 0. The Morgan fingerprint density at radius 2 is 1.81 bits per heavy atom. The Morgan fingerprint density at radius 3 is 2.67 bits per heavy atom. The minimum Gasteiger partial charge on any atom is -0.318 e. The molecule has 0 radical (unpaired) electrons. The summed E-state index contributed by atoms with van der Waals surface area (Å²) in [6, 6.07) is 13.2. The molecule has 0 N–H and O–H groups in total. The molecule has 2 aromatic carbocycles. The molecule has 0 unspecified atom stereocenters. The number of hydrogen-bond donors (Lipinski definition) is 0. The van der Waals surface area contributed by atoms with Crippen LogP contribution in [0.3, 0.4) is 0 Å². The van der Waals surface area contributed by atoms with Crippen LogP contribution >= 0.6 is 28.7 Å². The standard InChI is InChI=1S/C17H16N2S.BrH/c1-11-5-3-7-14-13(11)6-4-8-15(14)16-12(2)20-17-18-9-10-19(16)17;/h3-8H,9-10H2,1-2H3;1H. The summed E-state index contributed by atoms with van der Waals surface area (Å²) >= 11 is 1.81. The third-order valence-corrected chi connectivity index (χ3v) is 5.08. The second kappa shape index (κ2) is 5.50. The number of halogens is 1. The zero-order chi connectivity index (χ0) is 13.7. The van der Waals surface area contributed by atoms with Crippen molar-refractivity contribution in [3.8, 4) is 0 Å². The van der Waals surface area contributed by atoms with Gasteiger partial charge in [-0.25, -0.2) is 0 Å². The van der Waals surface area contributed by atoms with Crippen molar-refractivity contribution in [2.75, 3.05) is 13.1 Å². The molecular weight excluding hydrogens is 344 g/mol. The zero-order valence-electron chi connectivity index (χ0n) is 12.1. The molecule has 2 aromatic rings.